The molecule has 24 heavy (non-hydrogen) atoms. The number of hydrogen-bond acceptors (Lipinski definition) is 5. The van der Waals surface area contributed by atoms with Crippen LogP contribution >= 0.6 is 0 Å². The van der Waals surface area contributed by atoms with E-state index >= 15 is 0 Å². The number of fused-ring (bicyclic) bond motifs is 1. The third kappa shape index (κ3) is 4.21. The van der Waals surface area contributed by atoms with Gasteiger partial charge >= 0.3 is 5.63 Å². The van der Waals surface area contributed by atoms with Crippen molar-refractivity contribution in [1.29, 1.82) is 0 Å². The molecule has 0 aliphatic rings. The van der Waals surface area contributed by atoms with Crippen LogP contribution in [0.15, 0.2) is 44.4 Å². The first kappa shape index (κ1) is 18.2. The van der Waals surface area contributed by atoms with Crippen molar-refractivity contribution in [2.24, 2.45) is 0 Å². The third-order valence-electron chi connectivity index (χ3n) is 3.65. The Labute approximate surface area is 140 Å². The van der Waals surface area contributed by atoms with Gasteiger partial charge in [0.15, 0.2) is 0 Å². The van der Waals surface area contributed by atoms with Gasteiger partial charge in [-0.15, -0.1) is 0 Å². The average Bonchev–Trinajstić information content (AvgIpc) is 2.55. The molecule has 7 nitrogen and oxygen atoms in total. The van der Waals surface area contributed by atoms with Gasteiger partial charge in [0.25, 0.3) is 0 Å². The predicted molar refractivity (Wildman–Crippen MR) is 90.2 cm³/mol. The fourth-order valence-electron chi connectivity index (χ4n) is 2.33. The molecule has 0 unspecified atom stereocenters. The third-order valence-corrected chi connectivity index (χ3v) is 5.11. The molecule has 130 valence electrons. The average molecular weight is 352 g/mol. The molecule has 0 saturated heterocycles. The monoisotopic (exact) mass is 352 g/mol. The minimum atomic E-state index is -3.74. The Morgan fingerprint density at radius 2 is 1.88 bits per heavy atom. The Kier molecular flexibility index (Phi) is 5.74. The molecule has 2 aromatic rings. The maximum atomic E-state index is 12.3. The second kappa shape index (κ2) is 7.59. The second-order valence-corrected chi connectivity index (χ2v) is 6.93. The van der Waals surface area contributed by atoms with Crippen LogP contribution in [0.25, 0.3) is 11.0 Å². The predicted octanol–water partition coefficient (Wildman–Crippen LogP) is 1.33. The smallest absolute Gasteiger partial charge is 0.336 e. The standard InChI is InChI=1S/C16H20N2O5S/c1-3-18(4-2)15(19)9-10-17-24(21,22)13-6-7-14-12(11-13)5-8-16(20)23-14/h5-8,11,17H,3-4,9-10H2,1-2H3. The molecular weight excluding hydrogens is 332 g/mol. The van der Waals surface area contributed by atoms with E-state index in [1.54, 1.807) is 4.90 Å². The summed E-state index contributed by atoms with van der Waals surface area (Å²) in [6.07, 6.45) is 0.101. The van der Waals surface area contributed by atoms with Crippen molar-refractivity contribution < 1.29 is 17.6 Å². The van der Waals surface area contributed by atoms with Gasteiger partial charge in [-0.05, 0) is 38.1 Å². The highest BCUT2D eigenvalue weighted by Gasteiger charge is 2.16. The highest BCUT2D eigenvalue weighted by Crippen LogP contribution is 2.17. The summed E-state index contributed by atoms with van der Waals surface area (Å²) in [5, 5.41) is 0.511. The van der Waals surface area contributed by atoms with Crippen molar-refractivity contribution in [2.75, 3.05) is 19.6 Å². The van der Waals surface area contributed by atoms with Crippen LogP contribution in [0.3, 0.4) is 0 Å². The van der Waals surface area contributed by atoms with E-state index in [4.69, 9.17) is 4.42 Å². The van der Waals surface area contributed by atoms with Gasteiger partial charge in [0.1, 0.15) is 5.58 Å². The summed E-state index contributed by atoms with van der Waals surface area (Å²) in [6.45, 7) is 4.97. The Balaban J connectivity index is 2.09. The van der Waals surface area contributed by atoms with Gasteiger partial charge < -0.3 is 9.32 Å². The van der Waals surface area contributed by atoms with Crippen LogP contribution in [0.1, 0.15) is 20.3 Å². The summed E-state index contributed by atoms with van der Waals surface area (Å²) in [5.41, 5.74) is -0.177. The minimum Gasteiger partial charge on any atom is -0.423 e. The molecule has 1 heterocycles. The Hall–Kier alpha value is -2.19. The van der Waals surface area contributed by atoms with E-state index in [0.717, 1.165) is 0 Å². The van der Waals surface area contributed by atoms with Crippen molar-refractivity contribution in [1.82, 2.24) is 9.62 Å². The number of carbonyl (C=O) groups is 1. The van der Waals surface area contributed by atoms with Crippen molar-refractivity contribution in [3.63, 3.8) is 0 Å². The normalized spacial score (nSPS) is 11.6. The van der Waals surface area contributed by atoms with Crippen LogP contribution in [0.4, 0.5) is 0 Å². The number of hydrogen-bond donors (Lipinski definition) is 1. The zero-order valence-corrected chi connectivity index (χ0v) is 14.4. The SMILES string of the molecule is CCN(CC)C(=O)CCNS(=O)(=O)c1ccc2oc(=O)ccc2c1. The summed E-state index contributed by atoms with van der Waals surface area (Å²) in [5.74, 6) is -0.0945. The van der Waals surface area contributed by atoms with Gasteiger partial charge in [0, 0.05) is 37.5 Å². The molecule has 0 bridgehead atoms. The number of amides is 1. The Morgan fingerprint density at radius 3 is 2.54 bits per heavy atom. The van der Waals surface area contributed by atoms with Crippen LogP contribution in [-0.2, 0) is 14.8 Å². The van der Waals surface area contributed by atoms with E-state index in [1.165, 1.54) is 30.3 Å². The molecule has 0 aliphatic heterocycles. The van der Waals surface area contributed by atoms with Crippen LogP contribution < -0.4 is 10.3 Å². The number of rotatable bonds is 7. The lowest BCUT2D eigenvalue weighted by molar-refractivity contribution is -0.130. The first-order valence-electron chi connectivity index (χ1n) is 7.68. The van der Waals surface area contributed by atoms with Crippen molar-refractivity contribution in [2.45, 2.75) is 25.2 Å². The van der Waals surface area contributed by atoms with Crippen LogP contribution in [0.2, 0.25) is 0 Å². The highest BCUT2D eigenvalue weighted by molar-refractivity contribution is 7.89. The van der Waals surface area contributed by atoms with Gasteiger partial charge in [-0.25, -0.2) is 17.9 Å². The van der Waals surface area contributed by atoms with E-state index in [0.29, 0.717) is 24.1 Å². The molecule has 0 radical (unpaired) electrons. The molecule has 1 N–H and O–H groups in total. The maximum absolute atomic E-state index is 12.3. The summed E-state index contributed by atoms with van der Waals surface area (Å²) >= 11 is 0. The lowest BCUT2D eigenvalue weighted by Crippen LogP contribution is -2.34. The van der Waals surface area contributed by atoms with E-state index in [2.05, 4.69) is 4.72 Å². The molecule has 1 aromatic heterocycles. The van der Waals surface area contributed by atoms with E-state index in [-0.39, 0.29) is 23.8 Å². The molecule has 0 aliphatic carbocycles. The zero-order valence-electron chi connectivity index (χ0n) is 13.6. The second-order valence-electron chi connectivity index (χ2n) is 5.17. The van der Waals surface area contributed by atoms with E-state index in [1.807, 2.05) is 13.8 Å². The molecule has 2 rings (SSSR count). The Morgan fingerprint density at radius 1 is 1.17 bits per heavy atom. The lowest BCUT2D eigenvalue weighted by Gasteiger charge is -2.18. The van der Waals surface area contributed by atoms with Crippen LogP contribution in [0, 0.1) is 0 Å². The van der Waals surface area contributed by atoms with Gasteiger partial charge in [0.2, 0.25) is 15.9 Å². The first-order chi connectivity index (χ1) is 11.4. The van der Waals surface area contributed by atoms with Gasteiger partial charge in [0.05, 0.1) is 4.90 Å². The number of benzene rings is 1. The minimum absolute atomic E-state index is 0.0274. The van der Waals surface area contributed by atoms with Crippen LogP contribution in [-0.4, -0.2) is 38.9 Å². The molecule has 0 atom stereocenters. The fraction of sp³-hybridized carbons (Fsp3) is 0.375. The topological polar surface area (TPSA) is 96.7 Å². The summed E-state index contributed by atoms with van der Waals surface area (Å²) in [4.78, 5) is 24.7. The highest BCUT2D eigenvalue weighted by atomic mass is 32.2. The van der Waals surface area contributed by atoms with Crippen LogP contribution in [0.5, 0.6) is 0 Å². The molecule has 1 amide bonds. The largest absolute Gasteiger partial charge is 0.423 e. The van der Waals surface area contributed by atoms with Crippen molar-refractivity contribution >= 4 is 26.9 Å². The molecule has 0 saturated carbocycles. The van der Waals surface area contributed by atoms with Gasteiger partial charge in [-0.3, -0.25) is 4.79 Å². The molecular formula is C16H20N2O5S. The molecule has 0 spiro atoms. The number of carbonyl (C=O) groups excluding carboxylic acids is 1. The van der Waals surface area contributed by atoms with Gasteiger partial charge in [-0.2, -0.15) is 0 Å². The number of sulfonamides is 1. The van der Waals surface area contributed by atoms with Crippen molar-refractivity contribution in [3.8, 4) is 0 Å². The van der Waals surface area contributed by atoms with E-state index in [9.17, 15) is 18.0 Å². The first-order valence-corrected chi connectivity index (χ1v) is 9.17. The van der Waals surface area contributed by atoms with Gasteiger partial charge in [-0.1, -0.05) is 0 Å². The quantitative estimate of drug-likeness (QED) is 0.758. The van der Waals surface area contributed by atoms with Crippen molar-refractivity contribution in [3.05, 3.63) is 40.8 Å². The summed E-state index contributed by atoms with van der Waals surface area (Å²) < 4.78 is 32.0. The fourth-order valence-corrected chi connectivity index (χ4v) is 3.39. The molecule has 8 heteroatoms. The Bertz CT molecular complexity index is 885. The maximum Gasteiger partial charge on any atom is 0.336 e. The summed E-state index contributed by atoms with van der Waals surface area (Å²) in [6, 6.07) is 6.96. The number of nitrogens with one attached hydrogen (secondary N) is 1. The summed E-state index contributed by atoms with van der Waals surface area (Å²) in [7, 11) is -3.74. The number of nitrogens with zero attached hydrogens (tertiary/aromatic N) is 1. The molecule has 0 fully saturated rings. The van der Waals surface area contributed by atoms with E-state index < -0.39 is 15.6 Å². The zero-order chi connectivity index (χ0) is 17.7. The lowest BCUT2D eigenvalue weighted by atomic mass is 10.2. The molecule has 1 aromatic carbocycles.